The topological polar surface area (TPSA) is 43.8 Å². The van der Waals surface area contributed by atoms with E-state index in [9.17, 15) is 0 Å². The summed E-state index contributed by atoms with van der Waals surface area (Å²) in [7, 11) is 0. The molecule has 0 saturated carbocycles. The number of H-pyrrole nitrogens is 1. The lowest BCUT2D eigenvalue weighted by Crippen LogP contribution is -2.26. The van der Waals surface area contributed by atoms with Gasteiger partial charge in [-0.3, -0.25) is 0 Å². The van der Waals surface area contributed by atoms with Crippen molar-refractivity contribution in [3.05, 3.63) is 71.9 Å². The van der Waals surface area contributed by atoms with Gasteiger partial charge in [-0.15, -0.1) is 0 Å². The Balaban J connectivity index is 1.84. The van der Waals surface area contributed by atoms with Crippen LogP contribution in [0.5, 0.6) is 0 Å². The second-order valence-electron chi connectivity index (χ2n) is 5.57. The van der Waals surface area contributed by atoms with E-state index < -0.39 is 0 Å². The number of hydrogen-bond donors (Lipinski definition) is 1. The molecule has 1 aromatic heterocycles. The number of nitrogens with one attached hydrogen (secondary N) is 1. The van der Waals surface area contributed by atoms with Gasteiger partial charge in [-0.05, 0) is 24.1 Å². The van der Waals surface area contributed by atoms with E-state index in [0.717, 1.165) is 23.3 Å². The number of nitrogens with zero attached hydrogens (tertiary/aromatic N) is 3. The fourth-order valence-electron chi connectivity index (χ4n) is 3.00. The zero-order valence-electron chi connectivity index (χ0n) is 13.0. The Morgan fingerprint density at radius 3 is 2.65 bits per heavy atom. The van der Waals surface area contributed by atoms with Gasteiger partial charge in [0.15, 0.2) is 0 Å². The second-order valence-corrected chi connectivity index (χ2v) is 5.57. The van der Waals surface area contributed by atoms with Gasteiger partial charge in [-0.2, -0.15) is 15.3 Å². The number of fused-ring (bicyclic) bond motifs is 1. The smallest absolute Gasteiger partial charge is 0.0828 e. The van der Waals surface area contributed by atoms with Crippen LogP contribution in [0, 0.1) is 0 Å². The molecule has 0 aliphatic carbocycles. The van der Waals surface area contributed by atoms with Crippen LogP contribution in [0.4, 0.5) is 0 Å². The number of benzene rings is 2. The van der Waals surface area contributed by atoms with Crippen molar-refractivity contribution in [1.29, 1.82) is 0 Å². The number of aromatic amines is 1. The quantitative estimate of drug-likeness (QED) is 0.781. The van der Waals surface area contributed by atoms with Crippen LogP contribution in [0.3, 0.4) is 0 Å². The standard InChI is InChI=1S/C19H18N4/c1-2-23-21-13-17(19(22-23)14-8-4-3-5-9-14)16-12-20-18-11-7-6-10-15(16)18/h3-13,17,20H,2H2,1H3. The van der Waals surface area contributed by atoms with Crippen LogP contribution < -0.4 is 0 Å². The van der Waals surface area contributed by atoms with Crippen LogP contribution in [-0.2, 0) is 0 Å². The van der Waals surface area contributed by atoms with E-state index in [1.165, 1.54) is 10.9 Å². The molecule has 0 bridgehead atoms. The van der Waals surface area contributed by atoms with Gasteiger partial charge < -0.3 is 4.98 Å². The van der Waals surface area contributed by atoms with Crippen LogP contribution in [0.15, 0.2) is 71.0 Å². The number of para-hydroxylation sites is 1. The van der Waals surface area contributed by atoms with Gasteiger partial charge in [-0.25, -0.2) is 0 Å². The van der Waals surface area contributed by atoms with Gasteiger partial charge >= 0.3 is 0 Å². The van der Waals surface area contributed by atoms with E-state index in [-0.39, 0.29) is 5.92 Å². The summed E-state index contributed by atoms with van der Waals surface area (Å²) in [4.78, 5) is 3.35. The van der Waals surface area contributed by atoms with E-state index in [1.54, 1.807) is 5.12 Å². The fourth-order valence-corrected chi connectivity index (χ4v) is 3.00. The predicted molar refractivity (Wildman–Crippen MR) is 94.9 cm³/mol. The third-order valence-electron chi connectivity index (χ3n) is 4.18. The highest BCUT2D eigenvalue weighted by Gasteiger charge is 2.25. The molecule has 4 rings (SSSR count). The fraction of sp³-hybridized carbons (Fsp3) is 0.158. The Morgan fingerprint density at radius 1 is 1.04 bits per heavy atom. The van der Waals surface area contributed by atoms with E-state index in [4.69, 9.17) is 5.10 Å². The molecular weight excluding hydrogens is 284 g/mol. The van der Waals surface area contributed by atoms with E-state index >= 15 is 0 Å². The molecule has 0 fully saturated rings. The van der Waals surface area contributed by atoms with Gasteiger partial charge in [0.2, 0.25) is 0 Å². The number of hydrazone groups is 2. The molecule has 1 aliphatic heterocycles. The number of rotatable bonds is 3. The molecule has 3 aromatic rings. The second kappa shape index (κ2) is 5.72. The first kappa shape index (κ1) is 13.8. The molecule has 2 aromatic carbocycles. The van der Waals surface area contributed by atoms with Crippen LogP contribution in [0.25, 0.3) is 10.9 Å². The Labute approximate surface area is 135 Å². The molecule has 23 heavy (non-hydrogen) atoms. The average Bonchev–Trinajstić information content (AvgIpc) is 3.06. The van der Waals surface area contributed by atoms with E-state index in [0.29, 0.717) is 0 Å². The predicted octanol–water partition coefficient (Wildman–Crippen LogP) is 3.98. The third-order valence-corrected chi connectivity index (χ3v) is 4.18. The molecule has 1 atom stereocenters. The van der Waals surface area contributed by atoms with Crippen LogP contribution in [-0.4, -0.2) is 28.6 Å². The molecule has 4 nitrogen and oxygen atoms in total. The summed E-state index contributed by atoms with van der Waals surface area (Å²) >= 11 is 0. The summed E-state index contributed by atoms with van der Waals surface area (Å²) in [5, 5.41) is 12.2. The Morgan fingerprint density at radius 2 is 1.83 bits per heavy atom. The highest BCUT2D eigenvalue weighted by Crippen LogP contribution is 2.29. The maximum Gasteiger partial charge on any atom is 0.0828 e. The molecule has 114 valence electrons. The van der Waals surface area contributed by atoms with Crippen LogP contribution >= 0.6 is 0 Å². The summed E-state index contributed by atoms with van der Waals surface area (Å²) in [5.74, 6) is 0.0522. The monoisotopic (exact) mass is 302 g/mol. The molecular formula is C19H18N4. The van der Waals surface area contributed by atoms with Crippen molar-refractivity contribution in [3.8, 4) is 0 Å². The van der Waals surface area contributed by atoms with Gasteiger partial charge in [0.05, 0.1) is 18.2 Å². The Hall–Kier alpha value is -2.88. The highest BCUT2D eigenvalue weighted by atomic mass is 15.7. The first-order valence-electron chi connectivity index (χ1n) is 7.88. The normalized spacial score (nSPS) is 17.5. The highest BCUT2D eigenvalue weighted by molar-refractivity contribution is 6.15. The van der Waals surface area contributed by atoms with Gasteiger partial charge in [-0.1, -0.05) is 48.5 Å². The van der Waals surface area contributed by atoms with Gasteiger partial charge in [0.1, 0.15) is 0 Å². The van der Waals surface area contributed by atoms with Gasteiger partial charge in [0, 0.05) is 23.3 Å². The van der Waals surface area contributed by atoms with Crippen molar-refractivity contribution in [3.63, 3.8) is 0 Å². The molecule has 0 radical (unpaired) electrons. The van der Waals surface area contributed by atoms with E-state index in [2.05, 4.69) is 53.5 Å². The van der Waals surface area contributed by atoms with Crippen molar-refractivity contribution in [2.24, 2.45) is 10.2 Å². The average molecular weight is 302 g/mol. The van der Waals surface area contributed by atoms with E-state index in [1.807, 2.05) is 30.5 Å². The summed E-state index contributed by atoms with van der Waals surface area (Å²) in [5.41, 5.74) is 4.52. The maximum absolute atomic E-state index is 4.75. The first-order chi connectivity index (χ1) is 11.4. The third kappa shape index (κ3) is 2.42. The SMILES string of the molecule is CCN1N=CC(c2c[nH]c3ccccc23)C(c2ccccc2)=N1. The number of hydrogen-bond acceptors (Lipinski definition) is 3. The number of aromatic nitrogens is 1. The van der Waals surface area contributed by atoms with Crippen molar-refractivity contribution >= 4 is 22.8 Å². The molecule has 1 aliphatic rings. The van der Waals surface area contributed by atoms with Crippen molar-refractivity contribution < 1.29 is 0 Å². The lowest BCUT2D eigenvalue weighted by atomic mass is 9.90. The van der Waals surface area contributed by atoms with Crippen molar-refractivity contribution in [1.82, 2.24) is 10.1 Å². The summed E-state index contributed by atoms with van der Waals surface area (Å²) in [6, 6.07) is 18.7. The van der Waals surface area contributed by atoms with Crippen LogP contribution in [0.1, 0.15) is 24.0 Å². The maximum atomic E-state index is 4.75. The molecule has 4 heteroatoms. The Kier molecular flexibility index (Phi) is 3.42. The van der Waals surface area contributed by atoms with Gasteiger partial charge in [0.25, 0.3) is 0 Å². The molecule has 2 heterocycles. The molecule has 1 N–H and O–H groups in total. The first-order valence-corrected chi connectivity index (χ1v) is 7.88. The Bertz CT molecular complexity index is 877. The minimum Gasteiger partial charge on any atom is -0.361 e. The summed E-state index contributed by atoms with van der Waals surface area (Å²) < 4.78 is 0. The molecule has 0 amide bonds. The summed E-state index contributed by atoms with van der Waals surface area (Å²) in [6.07, 6.45) is 4.07. The van der Waals surface area contributed by atoms with Crippen LogP contribution in [0.2, 0.25) is 0 Å². The lowest BCUT2D eigenvalue weighted by molar-refractivity contribution is 0.318. The molecule has 0 spiro atoms. The largest absolute Gasteiger partial charge is 0.361 e. The minimum atomic E-state index is 0.0522. The zero-order valence-corrected chi connectivity index (χ0v) is 13.0. The summed E-state index contributed by atoms with van der Waals surface area (Å²) in [6.45, 7) is 2.81. The molecule has 1 unspecified atom stereocenters. The van der Waals surface area contributed by atoms with Crippen molar-refractivity contribution in [2.45, 2.75) is 12.8 Å². The minimum absolute atomic E-state index is 0.0522. The van der Waals surface area contributed by atoms with Crippen molar-refractivity contribution in [2.75, 3.05) is 6.54 Å². The zero-order chi connectivity index (χ0) is 15.6. The molecule has 0 saturated heterocycles. The lowest BCUT2D eigenvalue weighted by Gasteiger charge is -2.23.